The van der Waals surface area contributed by atoms with Crippen molar-refractivity contribution in [2.45, 2.75) is 32.2 Å². The summed E-state index contributed by atoms with van der Waals surface area (Å²) in [5, 5.41) is 6.64. The third-order valence-electron chi connectivity index (χ3n) is 5.52. The van der Waals surface area contributed by atoms with Crippen LogP contribution >= 0.6 is 0 Å². The van der Waals surface area contributed by atoms with E-state index in [0.29, 0.717) is 18.3 Å². The Morgan fingerprint density at radius 1 is 1.41 bits per heavy atom. The number of methoxy groups -OCH3 is 1. The van der Waals surface area contributed by atoms with Crippen molar-refractivity contribution in [1.82, 2.24) is 20.2 Å². The first kappa shape index (κ1) is 19.4. The summed E-state index contributed by atoms with van der Waals surface area (Å²) < 4.78 is 7.20. The van der Waals surface area contributed by atoms with Crippen molar-refractivity contribution >= 4 is 5.91 Å². The molecule has 6 heteroatoms. The number of nitrogens with one attached hydrogen (secondary N) is 2. The number of hydrogen-bond acceptors (Lipinski definition) is 4. The average molecular weight is 370 g/mol. The van der Waals surface area contributed by atoms with Crippen molar-refractivity contribution in [1.29, 1.82) is 0 Å². The fourth-order valence-corrected chi connectivity index (χ4v) is 3.79. The van der Waals surface area contributed by atoms with Crippen molar-refractivity contribution < 1.29 is 9.53 Å². The summed E-state index contributed by atoms with van der Waals surface area (Å²) in [6, 6.07) is 7.50. The van der Waals surface area contributed by atoms with E-state index in [0.717, 1.165) is 30.2 Å². The second-order valence-electron chi connectivity index (χ2n) is 7.46. The van der Waals surface area contributed by atoms with E-state index >= 15 is 0 Å². The maximum atomic E-state index is 12.8. The van der Waals surface area contributed by atoms with Crippen molar-refractivity contribution in [2.24, 2.45) is 18.9 Å². The lowest BCUT2D eigenvalue weighted by atomic mass is 9.85. The Morgan fingerprint density at radius 3 is 2.78 bits per heavy atom. The number of nitrogens with zero attached hydrogens (tertiary/aromatic N) is 2. The van der Waals surface area contributed by atoms with E-state index in [1.807, 2.05) is 42.1 Å². The Kier molecular flexibility index (Phi) is 6.50. The normalized spacial score (nSPS) is 19.3. The van der Waals surface area contributed by atoms with Crippen LogP contribution in [0.2, 0.25) is 0 Å². The molecule has 1 aliphatic heterocycles. The fraction of sp³-hybridized carbons (Fsp3) is 0.524. The van der Waals surface area contributed by atoms with Crippen LogP contribution in [0.3, 0.4) is 0 Å². The van der Waals surface area contributed by atoms with Gasteiger partial charge in [-0.25, -0.2) is 4.98 Å². The predicted octanol–water partition coefficient (Wildman–Crippen LogP) is 2.66. The van der Waals surface area contributed by atoms with Crippen LogP contribution in [0.1, 0.15) is 43.6 Å². The Morgan fingerprint density at radius 2 is 2.19 bits per heavy atom. The number of aromatic nitrogens is 2. The molecule has 0 saturated carbocycles. The molecule has 2 aromatic rings. The zero-order valence-corrected chi connectivity index (χ0v) is 16.4. The SMILES string of the molecule is COc1ccc(C(NC(=O)CC(C)C2CCCNC2)c2nccn2C)cc1. The molecule has 0 radical (unpaired) electrons. The smallest absolute Gasteiger partial charge is 0.221 e. The first-order chi connectivity index (χ1) is 13.1. The summed E-state index contributed by atoms with van der Waals surface area (Å²) in [6.07, 6.45) is 6.58. The van der Waals surface area contributed by atoms with Crippen LogP contribution < -0.4 is 15.4 Å². The zero-order chi connectivity index (χ0) is 19.2. The third-order valence-corrected chi connectivity index (χ3v) is 5.52. The van der Waals surface area contributed by atoms with Crippen LogP contribution in [0.25, 0.3) is 0 Å². The number of benzene rings is 1. The predicted molar refractivity (Wildman–Crippen MR) is 106 cm³/mol. The molecule has 0 aliphatic carbocycles. The second kappa shape index (κ2) is 9.04. The van der Waals surface area contributed by atoms with Crippen molar-refractivity contribution in [3.8, 4) is 5.75 Å². The number of carbonyl (C=O) groups is 1. The zero-order valence-electron chi connectivity index (χ0n) is 16.4. The van der Waals surface area contributed by atoms with Crippen molar-refractivity contribution in [2.75, 3.05) is 20.2 Å². The van der Waals surface area contributed by atoms with Gasteiger partial charge < -0.3 is 19.9 Å². The fourth-order valence-electron chi connectivity index (χ4n) is 3.79. The maximum absolute atomic E-state index is 12.8. The van der Waals surface area contributed by atoms with Gasteiger partial charge in [-0.05, 0) is 55.5 Å². The number of carbonyl (C=O) groups excluding carboxylic acids is 1. The summed E-state index contributed by atoms with van der Waals surface area (Å²) in [4.78, 5) is 17.3. The first-order valence-corrected chi connectivity index (χ1v) is 9.69. The number of piperidine rings is 1. The van der Waals surface area contributed by atoms with E-state index in [2.05, 4.69) is 22.5 Å². The molecule has 1 aromatic heterocycles. The molecule has 146 valence electrons. The minimum absolute atomic E-state index is 0.0666. The molecule has 0 bridgehead atoms. The molecule has 1 aromatic carbocycles. The molecule has 1 saturated heterocycles. The van der Waals surface area contributed by atoms with Crippen LogP contribution in [0.5, 0.6) is 5.75 Å². The van der Waals surface area contributed by atoms with Gasteiger partial charge in [0.05, 0.1) is 7.11 Å². The molecule has 3 atom stereocenters. The van der Waals surface area contributed by atoms with Gasteiger partial charge in [0.25, 0.3) is 0 Å². The lowest BCUT2D eigenvalue weighted by molar-refractivity contribution is -0.122. The molecular formula is C21H30N4O2. The van der Waals surface area contributed by atoms with Crippen LogP contribution in [0.4, 0.5) is 0 Å². The van der Waals surface area contributed by atoms with Crippen LogP contribution in [-0.2, 0) is 11.8 Å². The van der Waals surface area contributed by atoms with Gasteiger partial charge in [-0.1, -0.05) is 19.1 Å². The molecule has 1 amide bonds. The first-order valence-electron chi connectivity index (χ1n) is 9.69. The van der Waals surface area contributed by atoms with Gasteiger partial charge in [-0.15, -0.1) is 0 Å². The van der Waals surface area contributed by atoms with Gasteiger partial charge in [0.1, 0.15) is 17.6 Å². The van der Waals surface area contributed by atoms with E-state index in [1.54, 1.807) is 13.3 Å². The van der Waals surface area contributed by atoms with E-state index in [1.165, 1.54) is 12.8 Å². The van der Waals surface area contributed by atoms with E-state index in [-0.39, 0.29) is 11.9 Å². The summed E-state index contributed by atoms with van der Waals surface area (Å²) in [5.74, 6) is 2.60. The Labute approximate surface area is 161 Å². The second-order valence-corrected chi connectivity index (χ2v) is 7.46. The van der Waals surface area contributed by atoms with E-state index in [9.17, 15) is 4.79 Å². The van der Waals surface area contributed by atoms with Gasteiger partial charge >= 0.3 is 0 Å². The summed E-state index contributed by atoms with van der Waals surface area (Å²) in [7, 11) is 3.59. The van der Waals surface area contributed by atoms with E-state index in [4.69, 9.17) is 4.74 Å². The molecule has 0 spiro atoms. The number of rotatable bonds is 7. The molecule has 6 nitrogen and oxygen atoms in total. The summed E-state index contributed by atoms with van der Waals surface area (Å²) in [5.41, 5.74) is 0.991. The van der Waals surface area contributed by atoms with E-state index < -0.39 is 0 Å². The average Bonchev–Trinajstić information content (AvgIpc) is 3.12. The number of hydrogen-bond donors (Lipinski definition) is 2. The highest BCUT2D eigenvalue weighted by atomic mass is 16.5. The molecule has 3 rings (SSSR count). The highest BCUT2D eigenvalue weighted by molar-refractivity contribution is 5.77. The topological polar surface area (TPSA) is 68.2 Å². The van der Waals surface area contributed by atoms with Gasteiger partial charge in [0.15, 0.2) is 0 Å². The third kappa shape index (κ3) is 4.89. The lowest BCUT2D eigenvalue weighted by Crippen LogP contribution is -2.37. The molecule has 1 fully saturated rings. The molecule has 3 unspecified atom stereocenters. The standard InChI is InChI=1S/C21H30N4O2/c1-15(17-5-4-10-22-14-17)13-19(26)24-20(21-23-11-12-25(21)2)16-6-8-18(27-3)9-7-16/h6-9,11-12,15,17,20,22H,4-5,10,13-14H2,1-3H3,(H,24,26). The Hall–Kier alpha value is -2.34. The molecule has 2 N–H and O–H groups in total. The highest BCUT2D eigenvalue weighted by Crippen LogP contribution is 2.25. The minimum atomic E-state index is -0.278. The molecule has 27 heavy (non-hydrogen) atoms. The number of ether oxygens (including phenoxy) is 1. The number of amides is 1. The Bertz CT molecular complexity index is 735. The lowest BCUT2D eigenvalue weighted by Gasteiger charge is -2.28. The Balaban J connectivity index is 1.72. The van der Waals surface area contributed by atoms with Crippen molar-refractivity contribution in [3.05, 3.63) is 48.0 Å². The van der Waals surface area contributed by atoms with Crippen molar-refractivity contribution in [3.63, 3.8) is 0 Å². The van der Waals surface area contributed by atoms with Gasteiger partial charge in [0, 0.05) is 25.9 Å². The van der Waals surface area contributed by atoms with Gasteiger partial charge in [0.2, 0.25) is 5.91 Å². The maximum Gasteiger partial charge on any atom is 0.221 e. The molecular weight excluding hydrogens is 340 g/mol. The highest BCUT2D eigenvalue weighted by Gasteiger charge is 2.25. The van der Waals surface area contributed by atoms with Crippen LogP contribution in [-0.4, -0.2) is 35.7 Å². The van der Waals surface area contributed by atoms with Crippen LogP contribution in [0, 0.1) is 11.8 Å². The summed E-state index contributed by atoms with van der Waals surface area (Å²) in [6.45, 7) is 4.28. The van der Waals surface area contributed by atoms with Gasteiger partial charge in [-0.3, -0.25) is 4.79 Å². The quantitative estimate of drug-likeness (QED) is 0.786. The number of imidazole rings is 1. The van der Waals surface area contributed by atoms with Crippen LogP contribution in [0.15, 0.2) is 36.7 Å². The van der Waals surface area contributed by atoms with Gasteiger partial charge in [-0.2, -0.15) is 0 Å². The molecule has 2 heterocycles. The largest absolute Gasteiger partial charge is 0.497 e. The molecule has 1 aliphatic rings. The summed E-state index contributed by atoms with van der Waals surface area (Å²) >= 11 is 0. The number of aryl methyl sites for hydroxylation is 1. The monoisotopic (exact) mass is 370 g/mol. The minimum Gasteiger partial charge on any atom is -0.497 e.